The fourth-order valence-electron chi connectivity index (χ4n) is 1.05. The van der Waals surface area contributed by atoms with Crippen molar-refractivity contribution < 1.29 is 19.8 Å². The summed E-state index contributed by atoms with van der Waals surface area (Å²) in [6, 6.07) is 6.99. The normalized spacial score (nSPS) is 9.71. The van der Waals surface area contributed by atoms with Gasteiger partial charge in [-0.1, -0.05) is 18.2 Å². The molecule has 0 aliphatic heterocycles. The van der Waals surface area contributed by atoms with Gasteiger partial charge in [-0.05, 0) is 24.4 Å². The summed E-state index contributed by atoms with van der Waals surface area (Å²) >= 11 is 4.80. The maximum absolute atomic E-state index is 10.6. The number of carboxylic acids is 2. The Morgan fingerprint density at radius 1 is 1.12 bits per heavy atom. The highest BCUT2D eigenvalue weighted by Gasteiger charge is 2.26. The second-order valence-corrected chi connectivity index (χ2v) is 3.48. The van der Waals surface area contributed by atoms with Crippen LogP contribution in [0.2, 0.25) is 0 Å². The van der Waals surface area contributed by atoms with Crippen molar-refractivity contribution in [1.29, 1.82) is 0 Å². The lowest BCUT2D eigenvalue weighted by atomic mass is 10.3. The van der Waals surface area contributed by atoms with E-state index in [-0.39, 0.29) is 5.11 Å². The second-order valence-electron chi connectivity index (χ2n) is 3.07. The first-order valence-electron chi connectivity index (χ1n) is 4.59. The molecule has 0 fully saturated rings. The Morgan fingerprint density at radius 2 is 1.65 bits per heavy atom. The van der Waals surface area contributed by atoms with Gasteiger partial charge in [0.1, 0.15) is 0 Å². The van der Waals surface area contributed by atoms with Gasteiger partial charge in [-0.3, -0.25) is 0 Å². The van der Waals surface area contributed by atoms with Crippen LogP contribution >= 0.6 is 12.2 Å². The van der Waals surface area contributed by atoms with Gasteiger partial charge in [0, 0.05) is 5.69 Å². The van der Waals surface area contributed by atoms with Crippen molar-refractivity contribution in [3.63, 3.8) is 0 Å². The number of carbonyl (C=O) groups is 2. The van der Waals surface area contributed by atoms with Crippen LogP contribution in [0, 0.1) is 0 Å². The van der Waals surface area contributed by atoms with Gasteiger partial charge in [0.05, 0.1) is 0 Å². The Kier molecular flexibility index (Phi) is 4.41. The standard InChI is InChI=1S/C10H10N2O4S/c13-8(14)7(9(15)16)12-10(17)11-6-4-2-1-3-5-6/h1-5,7H,(H,13,14)(H,15,16)(H2,11,12,17). The zero-order valence-electron chi connectivity index (χ0n) is 8.58. The maximum atomic E-state index is 10.6. The first-order chi connectivity index (χ1) is 8.00. The zero-order chi connectivity index (χ0) is 12.8. The second kappa shape index (κ2) is 5.80. The summed E-state index contributed by atoms with van der Waals surface area (Å²) in [5.74, 6) is -3.01. The molecule has 0 spiro atoms. The van der Waals surface area contributed by atoms with Gasteiger partial charge in [0.15, 0.2) is 5.11 Å². The van der Waals surface area contributed by atoms with Crippen LogP contribution in [0.15, 0.2) is 30.3 Å². The van der Waals surface area contributed by atoms with E-state index in [1.54, 1.807) is 30.3 Å². The smallest absolute Gasteiger partial charge is 0.338 e. The van der Waals surface area contributed by atoms with Crippen LogP contribution in [0.5, 0.6) is 0 Å². The van der Waals surface area contributed by atoms with Crippen molar-refractivity contribution >= 4 is 35.0 Å². The van der Waals surface area contributed by atoms with Gasteiger partial charge in [-0.25, -0.2) is 9.59 Å². The molecule has 0 aromatic heterocycles. The third-order valence-electron chi connectivity index (χ3n) is 1.80. The number of para-hydroxylation sites is 1. The highest BCUT2D eigenvalue weighted by Crippen LogP contribution is 2.04. The first kappa shape index (κ1) is 12.9. The molecule has 17 heavy (non-hydrogen) atoms. The van der Waals surface area contributed by atoms with Crippen LogP contribution < -0.4 is 10.6 Å². The third-order valence-corrected chi connectivity index (χ3v) is 2.02. The quantitative estimate of drug-likeness (QED) is 0.459. The van der Waals surface area contributed by atoms with Crippen molar-refractivity contribution in [2.24, 2.45) is 0 Å². The molecular weight excluding hydrogens is 244 g/mol. The highest BCUT2D eigenvalue weighted by atomic mass is 32.1. The topological polar surface area (TPSA) is 98.7 Å². The lowest BCUT2D eigenvalue weighted by Crippen LogP contribution is -2.47. The number of thiocarbonyl (C=S) groups is 1. The Morgan fingerprint density at radius 3 is 2.12 bits per heavy atom. The van der Waals surface area contributed by atoms with Crippen molar-refractivity contribution in [2.45, 2.75) is 6.04 Å². The van der Waals surface area contributed by atoms with E-state index in [1.165, 1.54) is 0 Å². The van der Waals surface area contributed by atoms with Crippen molar-refractivity contribution in [3.05, 3.63) is 30.3 Å². The summed E-state index contributed by atoms with van der Waals surface area (Å²) in [4.78, 5) is 21.2. The number of hydrogen-bond acceptors (Lipinski definition) is 3. The van der Waals surface area contributed by atoms with Gasteiger partial charge in [0.2, 0.25) is 6.04 Å². The van der Waals surface area contributed by atoms with Crippen LogP contribution in [0.3, 0.4) is 0 Å². The molecule has 7 heteroatoms. The van der Waals surface area contributed by atoms with E-state index in [0.29, 0.717) is 5.69 Å². The number of nitrogens with one attached hydrogen (secondary N) is 2. The first-order valence-corrected chi connectivity index (χ1v) is 4.99. The Labute approximate surface area is 102 Å². The van der Waals surface area contributed by atoms with Crippen molar-refractivity contribution in [1.82, 2.24) is 5.32 Å². The molecule has 0 saturated heterocycles. The molecule has 1 aromatic carbocycles. The average molecular weight is 254 g/mol. The van der Waals surface area contributed by atoms with Crippen LogP contribution in [-0.4, -0.2) is 33.3 Å². The summed E-state index contributed by atoms with van der Waals surface area (Å²) in [6.07, 6.45) is 0. The number of anilines is 1. The number of aliphatic carboxylic acids is 2. The molecule has 4 N–H and O–H groups in total. The third kappa shape index (κ3) is 4.07. The minimum absolute atomic E-state index is 0.0639. The molecule has 0 amide bonds. The predicted molar refractivity (Wildman–Crippen MR) is 64.9 cm³/mol. The molecule has 0 heterocycles. The fraction of sp³-hybridized carbons (Fsp3) is 0.100. The number of hydrogen-bond donors (Lipinski definition) is 4. The maximum Gasteiger partial charge on any atom is 0.338 e. The van der Waals surface area contributed by atoms with E-state index in [4.69, 9.17) is 22.4 Å². The fourth-order valence-corrected chi connectivity index (χ4v) is 1.28. The summed E-state index contributed by atoms with van der Waals surface area (Å²) in [6.45, 7) is 0. The van der Waals surface area contributed by atoms with Gasteiger partial charge < -0.3 is 20.8 Å². The van der Waals surface area contributed by atoms with Crippen LogP contribution in [0.4, 0.5) is 5.69 Å². The molecule has 0 aliphatic carbocycles. The Bertz CT molecular complexity index is 421. The molecule has 0 bridgehead atoms. The summed E-state index contributed by atoms with van der Waals surface area (Å²) < 4.78 is 0. The van der Waals surface area contributed by atoms with E-state index in [9.17, 15) is 9.59 Å². The van der Waals surface area contributed by atoms with Gasteiger partial charge in [-0.15, -0.1) is 0 Å². The molecule has 0 unspecified atom stereocenters. The molecular formula is C10H10N2O4S. The highest BCUT2D eigenvalue weighted by molar-refractivity contribution is 7.80. The monoisotopic (exact) mass is 254 g/mol. The summed E-state index contributed by atoms with van der Waals surface area (Å²) in [7, 11) is 0. The molecule has 1 aromatic rings. The molecule has 0 aliphatic rings. The Balaban J connectivity index is 2.60. The van der Waals surface area contributed by atoms with Gasteiger partial charge in [0.25, 0.3) is 0 Å². The minimum Gasteiger partial charge on any atom is -0.479 e. The summed E-state index contributed by atoms with van der Waals surface area (Å²) in [5, 5.41) is 22.1. The molecule has 0 saturated carbocycles. The predicted octanol–water partition coefficient (Wildman–Crippen LogP) is 0.511. The molecule has 0 radical (unpaired) electrons. The number of carboxylic acid groups (broad SMARTS) is 2. The largest absolute Gasteiger partial charge is 0.479 e. The molecule has 6 nitrogen and oxygen atoms in total. The van der Waals surface area contributed by atoms with Crippen LogP contribution in [0.1, 0.15) is 0 Å². The van der Waals surface area contributed by atoms with E-state index < -0.39 is 18.0 Å². The molecule has 1 rings (SSSR count). The van der Waals surface area contributed by atoms with E-state index in [2.05, 4.69) is 10.6 Å². The van der Waals surface area contributed by atoms with Crippen LogP contribution in [-0.2, 0) is 9.59 Å². The van der Waals surface area contributed by atoms with Gasteiger partial charge >= 0.3 is 11.9 Å². The van der Waals surface area contributed by atoms with E-state index >= 15 is 0 Å². The van der Waals surface area contributed by atoms with Crippen LogP contribution in [0.25, 0.3) is 0 Å². The van der Waals surface area contributed by atoms with Gasteiger partial charge in [-0.2, -0.15) is 0 Å². The lowest BCUT2D eigenvalue weighted by Gasteiger charge is -2.13. The van der Waals surface area contributed by atoms with Crippen molar-refractivity contribution in [2.75, 3.05) is 5.32 Å². The number of benzene rings is 1. The Hall–Kier alpha value is -2.15. The SMILES string of the molecule is O=C(O)C(NC(=S)Nc1ccccc1)C(=O)O. The lowest BCUT2D eigenvalue weighted by molar-refractivity contribution is -0.150. The van der Waals surface area contributed by atoms with E-state index in [0.717, 1.165) is 0 Å². The molecule has 0 atom stereocenters. The van der Waals surface area contributed by atoms with Crippen molar-refractivity contribution in [3.8, 4) is 0 Å². The average Bonchev–Trinajstić information content (AvgIpc) is 2.26. The van der Waals surface area contributed by atoms with E-state index in [1.807, 2.05) is 0 Å². The zero-order valence-corrected chi connectivity index (χ0v) is 9.40. The summed E-state index contributed by atoms with van der Waals surface area (Å²) in [5.41, 5.74) is 0.638. The number of rotatable bonds is 4. The minimum atomic E-state index is -1.77. The molecule has 90 valence electrons.